The summed E-state index contributed by atoms with van der Waals surface area (Å²) in [5, 5.41) is 18.8. The quantitative estimate of drug-likeness (QED) is 0.340. The molecule has 0 spiro atoms. The Morgan fingerprint density at radius 1 is 1.31 bits per heavy atom. The van der Waals surface area contributed by atoms with E-state index in [0.29, 0.717) is 5.56 Å². The van der Waals surface area contributed by atoms with E-state index in [4.69, 9.17) is 10.5 Å². The first-order valence-electron chi connectivity index (χ1n) is 7.14. The van der Waals surface area contributed by atoms with Crippen LogP contribution in [0.2, 0.25) is 0 Å². The number of nitrogens with two attached hydrogens (primary N) is 1. The summed E-state index contributed by atoms with van der Waals surface area (Å²) < 4.78 is 4.99. The van der Waals surface area contributed by atoms with Crippen molar-refractivity contribution in [2.45, 2.75) is 18.9 Å². The van der Waals surface area contributed by atoms with Crippen molar-refractivity contribution in [2.75, 3.05) is 20.3 Å². The van der Waals surface area contributed by atoms with Gasteiger partial charge in [-0.25, -0.2) is 14.5 Å². The molecule has 1 heterocycles. The van der Waals surface area contributed by atoms with Crippen molar-refractivity contribution in [3.8, 4) is 11.5 Å². The van der Waals surface area contributed by atoms with Gasteiger partial charge in [0.05, 0.1) is 0 Å². The number of rotatable bonds is 5. The second kappa shape index (κ2) is 8.70. The molecule has 26 heavy (non-hydrogen) atoms. The van der Waals surface area contributed by atoms with Crippen molar-refractivity contribution in [1.29, 1.82) is 0 Å². The molecule has 0 aromatic heterocycles. The van der Waals surface area contributed by atoms with Gasteiger partial charge in [-0.3, -0.25) is 4.79 Å². The maximum Gasteiger partial charge on any atom is 0.329 e. The van der Waals surface area contributed by atoms with Crippen molar-refractivity contribution in [1.82, 2.24) is 9.80 Å². The molecule has 11 heteroatoms. The number of hydrogen-bond donors (Lipinski definition) is 3. The van der Waals surface area contributed by atoms with Gasteiger partial charge in [-0.1, -0.05) is 6.07 Å². The van der Waals surface area contributed by atoms with Crippen LogP contribution in [0.3, 0.4) is 0 Å². The third kappa shape index (κ3) is 4.97. The molecule has 146 valence electrons. The van der Waals surface area contributed by atoms with Crippen LogP contribution in [-0.4, -0.2) is 69.3 Å². The number of urea groups is 1. The van der Waals surface area contributed by atoms with E-state index in [1.807, 2.05) is 0 Å². The molecule has 3 amide bonds. The van der Waals surface area contributed by atoms with E-state index in [2.05, 4.69) is 0 Å². The molecule has 1 aromatic carbocycles. The average molecular weight is 392 g/mol. The SMILES string of the molecule is CN1CC(=O)N(COC(=O)[C@@](C)(N)Cc2ccc(O)c(O)c2)C1=O.Cl.O. The van der Waals surface area contributed by atoms with Gasteiger partial charge >= 0.3 is 12.0 Å². The average Bonchev–Trinajstić information content (AvgIpc) is 2.73. The number of carbonyl (C=O) groups is 3. The lowest BCUT2D eigenvalue weighted by Gasteiger charge is -2.24. The molecule has 1 aromatic rings. The van der Waals surface area contributed by atoms with Gasteiger partial charge in [-0.2, -0.15) is 0 Å². The fourth-order valence-corrected chi connectivity index (χ4v) is 2.26. The summed E-state index contributed by atoms with van der Waals surface area (Å²) in [6.45, 7) is 0.858. The first-order valence-corrected chi connectivity index (χ1v) is 7.14. The minimum atomic E-state index is -1.44. The molecule has 1 aliphatic rings. The standard InChI is InChI=1S/C15H19N3O6.ClH.H2O/c1-15(16,6-9-3-4-10(19)11(20)5-9)13(22)24-8-18-12(21)7-17(2)14(18)23;;/h3-5,19-20H,6-8,16H2,1-2H3;1H;1H2/t15-;;/m0../s1. The Bertz CT molecular complexity index is 696. The van der Waals surface area contributed by atoms with Crippen molar-refractivity contribution >= 4 is 30.3 Å². The zero-order valence-electron chi connectivity index (χ0n) is 14.3. The number of benzene rings is 1. The third-order valence-corrected chi connectivity index (χ3v) is 3.63. The van der Waals surface area contributed by atoms with Crippen molar-refractivity contribution in [3.05, 3.63) is 23.8 Å². The Morgan fingerprint density at radius 2 is 1.92 bits per heavy atom. The number of halogens is 1. The molecular formula is C15H22ClN3O7. The van der Waals surface area contributed by atoms with E-state index in [1.165, 1.54) is 37.1 Å². The van der Waals surface area contributed by atoms with Crippen LogP contribution in [0.15, 0.2) is 18.2 Å². The molecule has 0 radical (unpaired) electrons. The largest absolute Gasteiger partial charge is 0.504 e. The van der Waals surface area contributed by atoms with E-state index in [1.54, 1.807) is 0 Å². The summed E-state index contributed by atoms with van der Waals surface area (Å²) in [6.07, 6.45) is 0.0292. The van der Waals surface area contributed by atoms with Crippen LogP contribution in [-0.2, 0) is 20.7 Å². The minimum Gasteiger partial charge on any atom is -0.504 e. The van der Waals surface area contributed by atoms with Gasteiger partial charge in [0.1, 0.15) is 12.1 Å². The Labute approximate surface area is 155 Å². The summed E-state index contributed by atoms with van der Waals surface area (Å²) in [6, 6.07) is 3.53. The van der Waals surface area contributed by atoms with Crippen LogP contribution in [0, 0.1) is 0 Å². The molecule has 1 fully saturated rings. The lowest BCUT2D eigenvalue weighted by molar-refractivity contribution is -0.154. The van der Waals surface area contributed by atoms with E-state index in [-0.39, 0.29) is 42.3 Å². The van der Waals surface area contributed by atoms with E-state index in [9.17, 15) is 24.6 Å². The minimum absolute atomic E-state index is 0. The summed E-state index contributed by atoms with van der Waals surface area (Å²) in [7, 11) is 1.46. The van der Waals surface area contributed by atoms with E-state index < -0.39 is 30.2 Å². The van der Waals surface area contributed by atoms with Crippen LogP contribution in [0.1, 0.15) is 12.5 Å². The third-order valence-electron chi connectivity index (χ3n) is 3.63. The van der Waals surface area contributed by atoms with Gasteiger partial charge in [0.25, 0.3) is 5.91 Å². The maximum absolute atomic E-state index is 12.2. The van der Waals surface area contributed by atoms with Crippen LogP contribution >= 0.6 is 12.4 Å². The maximum atomic E-state index is 12.2. The number of amides is 3. The Balaban J connectivity index is 0.00000312. The molecule has 0 aliphatic carbocycles. The number of phenolic OH excluding ortho intramolecular Hbond substituents is 2. The molecule has 10 nitrogen and oxygen atoms in total. The van der Waals surface area contributed by atoms with Crippen molar-refractivity contribution in [3.63, 3.8) is 0 Å². The smallest absolute Gasteiger partial charge is 0.329 e. The highest BCUT2D eigenvalue weighted by atomic mass is 35.5. The zero-order chi connectivity index (χ0) is 18.1. The second-order valence-electron chi connectivity index (χ2n) is 5.94. The Morgan fingerprint density at radius 3 is 2.42 bits per heavy atom. The lowest BCUT2D eigenvalue weighted by atomic mass is 9.94. The number of nitrogens with zero attached hydrogens (tertiary/aromatic N) is 2. The number of ether oxygens (including phenoxy) is 1. The molecule has 1 aliphatic heterocycles. The topological polar surface area (TPSA) is 165 Å². The molecule has 1 atom stereocenters. The predicted molar refractivity (Wildman–Crippen MR) is 92.8 cm³/mol. The van der Waals surface area contributed by atoms with E-state index >= 15 is 0 Å². The van der Waals surface area contributed by atoms with Crippen LogP contribution in [0.25, 0.3) is 0 Å². The van der Waals surface area contributed by atoms with Crippen LogP contribution in [0.4, 0.5) is 4.79 Å². The number of likely N-dealkylation sites (N-methyl/N-ethyl adjacent to an activating group) is 1. The number of imide groups is 1. The highest BCUT2D eigenvalue weighted by molar-refractivity contribution is 6.01. The van der Waals surface area contributed by atoms with Crippen LogP contribution in [0.5, 0.6) is 11.5 Å². The fraction of sp³-hybridized carbons (Fsp3) is 0.400. The predicted octanol–water partition coefficient (Wildman–Crippen LogP) is -0.650. The molecular weight excluding hydrogens is 370 g/mol. The van der Waals surface area contributed by atoms with Gasteiger partial charge < -0.3 is 31.1 Å². The van der Waals surface area contributed by atoms with Gasteiger partial charge in [0.2, 0.25) is 0 Å². The lowest BCUT2D eigenvalue weighted by Crippen LogP contribution is -2.49. The number of phenols is 2. The van der Waals surface area contributed by atoms with Gasteiger partial charge in [0.15, 0.2) is 18.2 Å². The molecule has 0 saturated carbocycles. The number of esters is 1. The van der Waals surface area contributed by atoms with Crippen LogP contribution < -0.4 is 5.73 Å². The van der Waals surface area contributed by atoms with E-state index in [0.717, 1.165) is 4.90 Å². The molecule has 2 rings (SSSR count). The highest BCUT2D eigenvalue weighted by Crippen LogP contribution is 2.26. The van der Waals surface area contributed by atoms with Gasteiger partial charge in [0, 0.05) is 13.5 Å². The second-order valence-corrected chi connectivity index (χ2v) is 5.94. The number of hydrogen-bond acceptors (Lipinski definition) is 7. The van der Waals surface area contributed by atoms with Crippen molar-refractivity contribution in [2.24, 2.45) is 5.73 Å². The summed E-state index contributed by atoms with van der Waals surface area (Å²) in [5.41, 5.74) is 5.02. The van der Waals surface area contributed by atoms with Crippen molar-refractivity contribution < 1.29 is 34.8 Å². The summed E-state index contributed by atoms with van der Waals surface area (Å²) in [4.78, 5) is 37.5. The number of aromatic hydroxyl groups is 2. The molecule has 0 unspecified atom stereocenters. The Kier molecular flexibility index (Phi) is 7.84. The van der Waals surface area contributed by atoms with Gasteiger partial charge in [-0.05, 0) is 24.6 Å². The van der Waals surface area contributed by atoms with Gasteiger partial charge in [-0.15, -0.1) is 12.4 Å². The molecule has 1 saturated heterocycles. The fourth-order valence-electron chi connectivity index (χ4n) is 2.26. The summed E-state index contributed by atoms with van der Waals surface area (Å²) in [5.74, 6) is -1.87. The number of carbonyl (C=O) groups excluding carboxylic acids is 3. The summed E-state index contributed by atoms with van der Waals surface area (Å²) >= 11 is 0. The Hall–Kier alpha value is -2.56. The normalized spacial score (nSPS) is 15.8. The molecule has 6 N–H and O–H groups in total. The first kappa shape index (κ1) is 23.4. The first-order chi connectivity index (χ1) is 11.1. The molecule has 0 bridgehead atoms. The zero-order valence-corrected chi connectivity index (χ0v) is 15.1. The highest BCUT2D eigenvalue weighted by Gasteiger charge is 2.36. The monoisotopic (exact) mass is 391 g/mol.